The van der Waals surface area contributed by atoms with Gasteiger partial charge in [0.05, 0.1) is 16.8 Å². The molecule has 0 radical (unpaired) electrons. The Hall–Kier alpha value is -1.55. The lowest BCUT2D eigenvalue weighted by molar-refractivity contribution is 0.0955. The topological polar surface area (TPSA) is 41.5 Å². The molecule has 0 heterocycles. The fraction of sp³-hybridized carbons (Fsp3) is 0. The summed E-state index contributed by atoms with van der Waals surface area (Å²) in [4.78, 5) is 11.9. The van der Waals surface area contributed by atoms with Crippen molar-refractivity contribution >= 4 is 46.9 Å². The van der Waals surface area contributed by atoms with Gasteiger partial charge in [0.1, 0.15) is 0 Å². The number of halogens is 3. The molecule has 20 heavy (non-hydrogen) atoms. The molecule has 0 atom stereocenters. The van der Waals surface area contributed by atoms with E-state index in [-0.39, 0.29) is 5.56 Å². The Labute approximate surface area is 131 Å². The van der Waals surface area contributed by atoms with Crippen LogP contribution in [-0.2, 0) is 0 Å². The van der Waals surface area contributed by atoms with Gasteiger partial charge in [0.25, 0.3) is 5.91 Å². The maximum absolute atomic E-state index is 11.9. The van der Waals surface area contributed by atoms with Crippen LogP contribution in [0.15, 0.2) is 47.6 Å². The van der Waals surface area contributed by atoms with Crippen LogP contribution in [0, 0.1) is 0 Å². The van der Waals surface area contributed by atoms with E-state index in [1.54, 1.807) is 30.3 Å². The van der Waals surface area contributed by atoms with Crippen LogP contribution >= 0.6 is 34.8 Å². The zero-order valence-electron chi connectivity index (χ0n) is 10.1. The first-order valence-electron chi connectivity index (χ1n) is 5.60. The minimum Gasteiger partial charge on any atom is -0.267 e. The van der Waals surface area contributed by atoms with Crippen molar-refractivity contribution in [2.45, 2.75) is 0 Å². The van der Waals surface area contributed by atoms with Gasteiger partial charge in [-0.15, -0.1) is 0 Å². The van der Waals surface area contributed by atoms with Crippen LogP contribution in [0.2, 0.25) is 15.1 Å². The molecule has 0 saturated carbocycles. The molecule has 0 spiro atoms. The number of benzene rings is 2. The van der Waals surface area contributed by atoms with Crippen LogP contribution in [0.4, 0.5) is 0 Å². The number of nitrogens with one attached hydrogen (secondary N) is 1. The molecule has 6 heteroatoms. The van der Waals surface area contributed by atoms with Gasteiger partial charge in [-0.1, -0.05) is 46.9 Å². The van der Waals surface area contributed by atoms with E-state index in [1.807, 2.05) is 6.07 Å². The summed E-state index contributed by atoms with van der Waals surface area (Å²) < 4.78 is 0. The predicted molar refractivity (Wildman–Crippen MR) is 83.0 cm³/mol. The number of amides is 1. The molecule has 2 aromatic rings. The number of nitrogens with zero attached hydrogens (tertiary/aromatic N) is 1. The molecule has 0 aromatic heterocycles. The SMILES string of the molecule is O=C(N/N=C\c1cccc(Cl)c1)c1cc(Cl)ccc1Cl. The summed E-state index contributed by atoms with van der Waals surface area (Å²) in [6.07, 6.45) is 1.49. The first kappa shape index (κ1) is 14.9. The van der Waals surface area contributed by atoms with Crippen molar-refractivity contribution in [2.24, 2.45) is 5.10 Å². The smallest absolute Gasteiger partial charge is 0.267 e. The Kier molecular flexibility index (Phi) is 5.01. The van der Waals surface area contributed by atoms with Crippen LogP contribution in [-0.4, -0.2) is 12.1 Å². The molecule has 2 rings (SSSR count). The summed E-state index contributed by atoms with van der Waals surface area (Å²) >= 11 is 17.6. The second-order valence-electron chi connectivity index (χ2n) is 3.88. The van der Waals surface area contributed by atoms with Gasteiger partial charge in [0.15, 0.2) is 0 Å². The van der Waals surface area contributed by atoms with E-state index in [0.29, 0.717) is 15.1 Å². The Bertz CT molecular complexity index is 671. The van der Waals surface area contributed by atoms with Gasteiger partial charge in [-0.2, -0.15) is 5.10 Å². The van der Waals surface area contributed by atoms with Gasteiger partial charge >= 0.3 is 0 Å². The summed E-state index contributed by atoms with van der Waals surface area (Å²) in [5.41, 5.74) is 3.42. The second kappa shape index (κ2) is 6.75. The lowest BCUT2D eigenvalue weighted by atomic mass is 10.2. The van der Waals surface area contributed by atoms with Crippen LogP contribution < -0.4 is 5.43 Å². The zero-order chi connectivity index (χ0) is 14.5. The van der Waals surface area contributed by atoms with Crippen molar-refractivity contribution in [3.8, 4) is 0 Å². The number of hydrogen-bond donors (Lipinski definition) is 1. The Morgan fingerprint density at radius 1 is 1.05 bits per heavy atom. The third-order valence-corrected chi connectivity index (χ3v) is 3.20. The van der Waals surface area contributed by atoms with Crippen LogP contribution in [0.3, 0.4) is 0 Å². The summed E-state index contributed by atoms with van der Waals surface area (Å²) in [5.74, 6) is -0.434. The highest BCUT2D eigenvalue weighted by Gasteiger charge is 2.09. The lowest BCUT2D eigenvalue weighted by Gasteiger charge is -2.03. The van der Waals surface area contributed by atoms with Crippen molar-refractivity contribution in [1.29, 1.82) is 0 Å². The van der Waals surface area contributed by atoms with Gasteiger partial charge in [-0.05, 0) is 35.9 Å². The van der Waals surface area contributed by atoms with E-state index in [2.05, 4.69) is 10.5 Å². The Balaban J connectivity index is 2.07. The van der Waals surface area contributed by atoms with E-state index < -0.39 is 5.91 Å². The summed E-state index contributed by atoms with van der Waals surface area (Å²) in [6.45, 7) is 0. The minimum atomic E-state index is -0.434. The maximum atomic E-state index is 11.9. The normalized spacial score (nSPS) is 10.8. The van der Waals surface area contributed by atoms with E-state index in [4.69, 9.17) is 34.8 Å². The Morgan fingerprint density at radius 2 is 1.80 bits per heavy atom. The molecule has 3 nitrogen and oxygen atoms in total. The number of carbonyl (C=O) groups excluding carboxylic acids is 1. The fourth-order valence-corrected chi connectivity index (χ4v) is 2.06. The van der Waals surface area contributed by atoms with Gasteiger partial charge in [-0.3, -0.25) is 4.79 Å². The number of carbonyl (C=O) groups is 1. The molecule has 0 saturated heterocycles. The molecule has 0 unspecified atom stereocenters. The average molecular weight is 328 g/mol. The minimum absolute atomic E-state index is 0.266. The van der Waals surface area contributed by atoms with Crippen LogP contribution in [0.5, 0.6) is 0 Å². The molecular weight excluding hydrogens is 319 g/mol. The Morgan fingerprint density at radius 3 is 2.55 bits per heavy atom. The molecule has 102 valence electrons. The third kappa shape index (κ3) is 3.97. The number of hydrogen-bond acceptors (Lipinski definition) is 2. The second-order valence-corrected chi connectivity index (χ2v) is 5.16. The first-order valence-corrected chi connectivity index (χ1v) is 6.73. The predicted octanol–water partition coefficient (Wildman–Crippen LogP) is 4.41. The van der Waals surface area contributed by atoms with Gasteiger partial charge in [-0.25, -0.2) is 5.43 Å². The van der Waals surface area contributed by atoms with E-state index in [9.17, 15) is 4.79 Å². The molecule has 0 aliphatic carbocycles. The summed E-state index contributed by atoms with van der Waals surface area (Å²) in [6, 6.07) is 11.7. The monoisotopic (exact) mass is 326 g/mol. The standard InChI is InChI=1S/C14H9Cl3N2O/c15-10-3-1-2-9(6-10)8-18-19-14(20)12-7-11(16)4-5-13(12)17/h1-8H,(H,19,20)/b18-8-. The van der Waals surface area contributed by atoms with Crippen molar-refractivity contribution < 1.29 is 4.79 Å². The fourth-order valence-electron chi connectivity index (χ4n) is 1.48. The summed E-state index contributed by atoms with van der Waals surface area (Å²) in [7, 11) is 0. The molecule has 0 aliphatic heterocycles. The van der Waals surface area contributed by atoms with E-state index >= 15 is 0 Å². The van der Waals surface area contributed by atoms with Gasteiger partial charge < -0.3 is 0 Å². The average Bonchev–Trinajstić information content (AvgIpc) is 2.41. The van der Waals surface area contributed by atoms with Crippen LogP contribution in [0.25, 0.3) is 0 Å². The first-order chi connectivity index (χ1) is 9.56. The quantitative estimate of drug-likeness (QED) is 0.658. The molecule has 0 aliphatic rings. The number of rotatable bonds is 3. The van der Waals surface area contributed by atoms with Gasteiger partial charge in [0, 0.05) is 10.0 Å². The third-order valence-electron chi connectivity index (χ3n) is 2.40. The van der Waals surface area contributed by atoms with Crippen molar-refractivity contribution in [2.75, 3.05) is 0 Å². The van der Waals surface area contributed by atoms with Gasteiger partial charge in [0.2, 0.25) is 0 Å². The summed E-state index contributed by atoms with van der Waals surface area (Å²) in [5, 5.41) is 5.18. The lowest BCUT2D eigenvalue weighted by Crippen LogP contribution is -2.18. The van der Waals surface area contributed by atoms with Crippen molar-refractivity contribution in [3.05, 3.63) is 68.7 Å². The van der Waals surface area contributed by atoms with Crippen molar-refractivity contribution in [3.63, 3.8) is 0 Å². The van der Waals surface area contributed by atoms with E-state index in [1.165, 1.54) is 12.3 Å². The zero-order valence-corrected chi connectivity index (χ0v) is 12.4. The largest absolute Gasteiger partial charge is 0.272 e. The highest BCUT2D eigenvalue weighted by molar-refractivity contribution is 6.35. The van der Waals surface area contributed by atoms with Crippen molar-refractivity contribution in [1.82, 2.24) is 5.43 Å². The molecular formula is C14H9Cl3N2O. The molecule has 0 fully saturated rings. The highest BCUT2D eigenvalue weighted by atomic mass is 35.5. The molecule has 1 amide bonds. The van der Waals surface area contributed by atoms with Crippen LogP contribution in [0.1, 0.15) is 15.9 Å². The maximum Gasteiger partial charge on any atom is 0.272 e. The highest BCUT2D eigenvalue weighted by Crippen LogP contribution is 2.20. The molecule has 1 N–H and O–H groups in total. The molecule has 2 aromatic carbocycles. The van der Waals surface area contributed by atoms with E-state index in [0.717, 1.165) is 5.56 Å². The molecule has 0 bridgehead atoms. The number of hydrazone groups is 1.